The van der Waals surface area contributed by atoms with Gasteiger partial charge in [-0.2, -0.15) is 21.4 Å². The number of thiazole rings is 1. The molecule has 3 heterocycles. The van der Waals surface area contributed by atoms with Crippen molar-refractivity contribution in [1.82, 2.24) is 4.48 Å². The van der Waals surface area contributed by atoms with Gasteiger partial charge in [0.25, 0.3) is 15.1 Å². The fourth-order valence-electron chi connectivity index (χ4n) is 6.73. The molecule has 7 rings (SSSR count). The highest BCUT2D eigenvalue weighted by atomic mass is 32.2. The van der Waals surface area contributed by atoms with E-state index in [-0.39, 0.29) is 16.7 Å². The van der Waals surface area contributed by atoms with E-state index in [0.717, 1.165) is 58.0 Å². The van der Waals surface area contributed by atoms with Crippen molar-refractivity contribution in [2.45, 2.75) is 43.0 Å². The summed E-state index contributed by atoms with van der Waals surface area (Å²) in [5, 5.41) is 4.94. The molecule has 2 atom stereocenters. The van der Waals surface area contributed by atoms with Crippen molar-refractivity contribution in [2.24, 2.45) is 0 Å². The van der Waals surface area contributed by atoms with Gasteiger partial charge in [0.2, 0.25) is 10.9 Å². The van der Waals surface area contributed by atoms with Crippen molar-refractivity contribution < 1.29 is 30.5 Å². The fraction of sp³-hybridized carbons (Fsp3) is 0.242. The Hall–Kier alpha value is -3.10. The smallest absolute Gasteiger partial charge is 0.286 e. The SMILES string of the molecule is CCC(=Cc1sc2ccc3ccccc3c2[n+]1CCCS(=O)(=O)O)C=C1Sc2ccc3ccccc3c2[N+]12CCC2S(=O)(=O)O. The first kappa shape index (κ1) is 30.5. The largest absolute Gasteiger partial charge is 0.320 e. The van der Waals surface area contributed by atoms with Gasteiger partial charge in [0.05, 0.1) is 29.0 Å². The van der Waals surface area contributed by atoms with Gasteiger partial charge in [0, 0.05) is 24.0 Å². The predicted molar refractivity (Wildman–Crippen MR) is 183 cm³/mol. The maximum absolute atomic E-state index is 12.8. The molecular formula is C33H32N2O6S4+2. The minimum absolute atomic E-state index is 0.0724. The first-order valence-electron chi connectivity index (χ1n) is 14.8. The van der Waals surface area contributed by atoms with E-state index in [2.05, 4.69) is 47.9 Å². The molecule has 2 aliphatic heterocycles. The molecule has 0 radical (unpaired) electrons. The zero-order chi connectivity index (χ0) is 31.6. The van der Waals surface area contributed by atoms with Crippen molar-refractivity contribution in [1.29, 1.82) is 0 Å². The maximum Gasteiger partial charge on any atom is 0.320 e. The van der Waals surface area contributed by atoms with Gasteiger partial charge >= 0.3 is 10.1 Å². The van der Waals surface area contributed by atoms with Gasteiger partial charge in [-0.05, 0) is 58.8 Å². The molecule has 1 spiro atoms. The van der Waals surface area contributed by atoms with Crippen LogP contribution in [0.1, 0.15) is 31.2 Å². The van der Waals surface area contributed by atoms with Crippen molar-refractivity contribution in [3.05, 3.63) is 94.5 Å². The van der Waals surface area contributed by atoms with Crippen molar-refractivity contribution in [3.63, 3.8) is 0 Å². The zero-order valence-electron chi connectivity index (χ0n) is 24.5. The van der Waals surface area contributed by atoms with Crippen molar-refractivity contribution >= 4 is 86.9 Å². The number of nitrogens with zero attached hydrogens (tertiary/aromatic N) is 2. The van der Waals surface area contributed by atoms with Gasteiger partial charge < -0.3 is 0 Å². The molecule has 1 aromatic heterocycles. The molecule has 0 bridgehead atoms. The van der Waals surface area contributed by atoms with Crippen LogP contribution in [0.2, 0.25) is 0 Å². The average Bonchev–Trinajstić information content (AvgIpc) is 3.51. The summed E-state index contributed by atoms with van der Waals surface area (Å²) in [5.74, 6) is -0.337. The molecule has 0 amide bonds. The van der Waals surface area contributed by atoms with E-state index in [9.17, 15) is 25.9 Å². The number of thioether (sulfide) groups is 1. The quantitative estimate of drug-likeness (QED) is 0.102. The predicted octanol–water partition coefficient (Wildman–Crippen LogP) is 7.14. The van der Waals surface area contributed by atoms with Crippen LogP contribution in [0, 0.1) is 0 Å². The second-order valence-corrected chi connectivity index (χ2v) is 16.8. The van der Waals surface area contributed by atoms with Gasteiger partial charge in [-0.3, -0.25) is 9.11 Å². The van der Waals surface area contributed by atoms with Gasteiger partial charge in [0.15, 0.2) is 17.3 Å². The molecule has 12 heteroatoms. The van der Waals surface area contributed by atoms with Gasteiger partial charge in [0.1, 0.15) is 4.70 Å². The maximum atomic E-state index is 12.8. The lowest BCUT2D eigenvalue weighted by atomic mass is 10.0. The molecule has 2 unspecified atom stereocenters. The standard InChI is InChI=1S/C33H30N2O6S4/c1-2-22(20-29-34(17-7-19-44(36,37)38)32-25-10-5-3-8-23(25)12-14-27(32)42-29)21-30-35(18-16-31(35)45(39,40)41)33-26-11-6-4-9-24(26)13-15-28(33)43-30/h3-6,8-15,20-21,31H,2,7,16-19H2,1H3/p+2. The second-order valence-electron chi connectivity index (χ2n) is 11.5. The van der Waals surface area contributed by atoms with Gasteiger partial charge in [-0.1, -0.05) is 66.8 Å². The number of rotatable bonds is 8. The summed E-state index contributed by atoms with van der Waals surface area (Å²) in [7, 11) is -8.45. The minimum atomic E-state index is -4.34. The molecular weight excluding hydrogens is 649 g/mol. The summed E-state index contributed by atoms with van der Waals surface area (Å²) in [6.45, 7) is 3.01. The first-order valence-corrected chi connectivity index (χ1v) is 19.5. The lowest BCUT2D eigenvalue weighted by molar-refractivity contribution is -0.667. The molecule has 0 saturated carbocycles. The summed E-state index contributed by atoms with van der Waals surface area (Å²) in [6.07, 6.45) is 5.44. The fourth-order valence-corrected chi connectivity index (χ4v) is 11.1. The molecule has 2 N–H and O–H groups in total. The van der Waals surface area contributed by atoms with Crippen molar-refractivity contribution in [3.8, 4) is 0 Å². The Labute approximate surface area is 270 Å². The van der Waals surface area contributed by atoms with E-state index in [1.807, 2.05) is 48.5 Å². The van der Waals surface area contributed by atoms with Crippen molar-refractivity contribution in [2.75, 3.05) is 12.3 Å². The normalized spacial score (nSPS) is 21.3. The highest BCUT2D eigenvalue weighted by Gasteiger charge is 2.62. The van der Waals surface area contributed by atoms with Crippen LogP contribution >= 0.6 is 23.1 Å². The summed E-state index contributed by atoms with van der Waals surface area (Å²) in [5.41, 5.74) is 2.91. The molecule has 232 valence electrons. The van der Waals surface area contributed by atoms with E-state index < -0.39 is 25.6 Å². The third-order valence-electron chi connectivity index (χ3n) is 8.86. The monoisotopic (exact) mass is 680 g/mol. The summed E-state index contributed by atoms with van der Waals surface area (Å²) < 4.78 is 71.7. The lowest BCUT2D eigenvalue weighted by Gasteiger charge is -2.47. The van der Waals surface area contributed by atoms with Crippen LogP contribution in [-0.4, -0.2) is 43.6 Å². The molecule has 1 saturated heterocycles. The zero-order valence-corrected chi connectivity index (χ0v) is 27.7. The lowest BCUT2D eigenvalue weighted by Crippen LogP contribution is -2.66. The van der Waals surface area contributed by atoms with Crippen LogP contribution in [0.4, 0.5) is 5.69 Å². The highest BCUT2D eigenvalue weighted by molar-refractivity contribution is 8.03. The summed E-state index contributed by atoms with van der Waals surface area (Å²) in [4.78, 5) is 0.984. The Kier molecular flexibility index (Phi) is 7.67. The van der Waals surface area contributed by atoms with Crippen LogP contribution in [-0.2, 0) is 26.8 Å². The van der Waals surface area contributed by atoms with Gasteiger partial charge in [-0.15, -0.1) is 0 Å². The van der Waals surface area contributed by atoms with E-state index >= 15 is 0 Å². The Morgan fingerprint density at radius 1 is 0.956 bits per heavy atom. The third kappa shape index (κ3) is 5.32. The molecule has 0 aliphatic carbocycles. The molecule has 8 nitrogen and oxygen atoms in total. The van der Waals surface area contributed by atoms with Crippen LogP contribution in [0.5, 0.6) is 0 Å². The molecule has 1 fully saturated rings. The number of quaternary nitrogens is 1. The summed E-state index contributed by atoms with van der Waals surface area (Å²) in [6, 6.07) is 24.3. The number of aromatic nitrogens is 1. The van der Waals surface area contributed by atoms with E-state index in [0.29, 0.717) is 25.9 Å². The van der Waals surface area contributed by atoms with E-state index in [1.54, 1.807) is 23.1 Å². The number of benzene rings is 4. The number of allylic oxidation sites excluding steroid dienone is 2. The van der Waals surface area contributed by atoms with E-state index in [1.165, 1.54) is 0 Å². The molecule has 5 aromatic rings. The minimum Gasteiger partial charge on any atom is -0.286 e. The number of fused-ring (bicyclic) bond motifs is 7. The second kappa shape index (κ2) is 11.3. The topological polar surface area (TPSA) is 113 Å². The van der Waals surface area contributed by atoms with Crippen LogP contribution < -0.4 is 9.05 Å². The average molecular weight is 681 g/mol. The first-order chi connectivity index (χ1) is 21.5. The number of hydrogen-bond donors (Lipinski definition) is 2. The third-order valence-corrected chi connectivity index (χ3v) is 13.2. The Morgan fingerprint density at radius 2 is 1.64 bits per heavy atom. The highest BCUT2D eigenvalue weighted by Crippen LogP contribution is 2.60. The summed E-state index contributed by atoms with van der Waals surface area (Å²) >= 11 is 3.16. The Morgan fingerprint density at radius 3 is 2.31 bits per heavy atom. The van der Waals surface area contributed by atoms with Gasteiger partial charge in [-0.25, -0.2) is 4.48 Å². The van der Waals surface area contributed by atoms with Crippen LogP contribution in [0.3, 0.4) is 0 Å². The molecule has 2 aliphatic rings. The van der Waals surface area contributed by atoms with Crippen LogP contribution in [0.25, 0.3) is 37.8 Å². The molecule has 4 aromatic carbocycles. The number of aryl methyl sites for hydroxylation is 1. The molecule has 45 heavy (non-hydrogen) atoms. The Bertz CT molecular complexity index is 2290. The Balaban J connectivity index is 1.39. The van der Waals surface area contributed by atoms with Crippen LogP contribution in [0.15, 0.2) is 94.4 Å². The number of hydrogen-bond acceptors (Lipinski definition) is 6. The van der Waals surface area contributed by atoms with E-state index in [4.69, 9.17) is 0 Å².